The average Bonchev–Trinajstić information content (AvgIpc) is 2.78. The van der Waals surface area contributed by atoms with Gasteiger partial charge in [-0.25, -0.2) is 0 Å². The van der Waals surface area contributed by atoms with Gasteiger partial charge in [0.05, 0.1) is 6.10 Å². The molecule has 0 amide bonds. The van der Waals surface area contributed by atoms with Crippen molar-refractivity contribution in [3.05, 3.63) is 0 Å². The average molecular weight is 240 g/mol. The van der Waals surface area contributed by atoms with Gasteiger partial charge in [-0.05, 0) is 59.0 Å². The smallest absolute Gasteiger partial charge is 0.0588 e. The summed E-state index contributed by atoms with van der Waals surface area (Å²) in [6.07, 6.45) is 6.88. The van der Waals surface area contributed by atoms with Gasteiger partial charge in [-0.2, -0.15) is 0 Å². The fourth-order valence-corrected chi connectivity index (χ4v) is 2.94. The second kappa shape index (κ2) is 6.72. The molecule has 0 radical (unpaired) electrons. The molecule has 3 nitrogen and oxygen atoms in total. The van der Waals surface area contributed by atoms with E-state index >= 15 is 0 Å². The van der Waals surface area contributed by atoms with E-state index in [1.54, 1.807) is 0 Å². The summed E-state index contributed by atoms with van der Waals surface area (Å²) in [6, 6.07) is 1.33. The molecule has 100 valence electrons. The van der Waals surface area contributed by atoms with E-state index in [4.69, 9.17) is 4.74 Å². The number of nitrogens with one attached hydrogen (secondary N) is 1. The quantitative estimate of drug-likeness (QED) is 0.817. The Morgan fingerprint density at radius 3 is 2.41 bits per heavy atom. The van der Waals surface area contributed by atoms with Gasteiger partial charge >= 0.3 is 0 Å². The first-order valence-corrected chi connectivity index (χ1v) is 7.34. The molecule has 0 aromatic rings. The highest BCUT2D eigenvalue weighted by atomic mass is 16.5. The summed E-state index contributed by atoms with van der Waals surface area (Å²) < 4.78 is 5.70. The second-order valence-electron chi connectivity index (χ2n) is 5.81. The van der Waals surface area contributed by atoms with Gasteiger partial charge < -0.3 is 15.0 Å². The molecular weight excluding hydrogens is 212 g/mol. The van der Waals surface area contributed by atoms with Crippen molar-refractivity contribution in [3.63, 3.8) is 0 Å². The zero-order valence-electron chi connectivity index (χ0n) is 11.5. The van der Waals surface area contributed by atoms with Crippen LogP contribution in [-0.4, -0.2) is 49.3 Å². The van der Waals surface area contributed by atoms with Gasteiger partial charge in [-0.3, -0.25) is 0 Å². The minimum atomic E-state index is 0.549. The summed E-state index contributed by atoms with van der Waals surface area (Å²) in [4.78, 5) is 2.63. The van der Waals surface area contributed by atoms with Crippen molar-refractivity contribution >= 4 is 0 Å². The van der Waals surface area contributed by atoms with Crippen molar-refractivity contribution in [1.29, 1.82) is 0 Å². The van der Waals surface area contributed by atoms with Crippen LogP contribution in [0.1, 0.15) is 46.0 Å². The van der Waals surface area contributed by atoms with E-state index < -0.39 is 0 Å². The van der Waals surface area contributed by atoms with Gasteiger partial charge in [0, 0.05) is 25.2 Å². The van der Waals surface area contributed by atoms with Gasteiger partial charge in [0.15, 0.2) is 0 Å². The lowest BCUT2D eigenvalue weighted by Crippen LogP contribution is -2.43. The summed E-state index contributed by atoms with van der Waals surface area (Å²) in [7, 11) is 0. The maximum atomic E-state index is 5.70. The minimum absolute atomic E-state index is 0.549. The van der Waals surface area contributed by atoms with Crippen LogP contribution in [0.2, 0.25) is 0 Å². The van der Waals surface area contributed by atoms with Crippen LogP contribution < -0.4 is 5.32 Å². The first-order chi connectivity index (χ1) is 8.24. The van der Waals surface area contributed by atoms with Crippen molar-refractivity contribution in [2.75, 3.05) is 26.2 Å². The molecule has 2 fully saturated rings. The van der Waals surface area contributed by atoms with E-state index in [1.807, 2.05) is 0 Å². The molecule has 2 aliphatic heterocycles. The third-order valence-electron chi connectivity index (χ3n) is 4.12. The highest BCUT2D eigenvalue weighted by molar-refractivity contribution is 4.76. The molecule has 2 saturated heterocycles. The highest BCUT2D eigenvalue weighted by Crippen LogP contribution is 2.16. The van der Waals surface area contributed by atoms with Gasteiger partial charge in [0.1, 0.15) is 0 Å². The van der Waals surface area contributed by atoms with Gasteiger partial charge in [0.25, 0.3) is 0 Å². The minimum Gasteiger partial charge on any atom is -0.378 e. The van der Waals surface area contributed by atoms with Crippen LogP contribution in [-0.2, 0) is 4.74 Å². The van der Waals surface area contributed by atoms with Crippen molar-refractivity contribution in [2.45, 2.75) is 64.1 Å². The molecular formula is C14H28N2O. The van der Waals surface area contributed by atoms with Crippen LogP contribution in [0, 0.1) is 0 Å². The SMILES string of the molecule is CC1CCN(CCC2CCCO2)CCC(C)N1. The maximum Gasteiger partial charge on any atom is 0.0588 e. The van der Waals surface area contributed by atoms with E-state index in [2.05, 4.69) is 24.1 Å². The van der Waals surface area contributed by atoms with E-state index in [-0.39, 0.29) is 0 Å². The zero-order valence-corrected chi connectivity index (χ0v) is 11.5. The Morgan fingerprint density at radius 1 is 1.12 bits per heavy atom. The summed E-state index contributed by atoms with van der Waals surface area (Å²) in [5.74, 6) is 0. The topological polar surface area (TPSA) is 24.5 Å². The molecule has 2 aliphatic rings. The van der Waals surface area contributed by atoms with Crippen LogP contribution in [0.3, 0.4) is 0 Å². The van der Waals surface area contributed by atoms with Gasteiger partial charge in [-0.1, -0.05) is 0 Å². The Kier molecular flexibility index (Phi) is 5.26. The molecule has 0 saturated carbocycles. The van der Waals surface area contributed by atoms with Crippen LogP contribution in [0.15, 0.2) is 0 Å². The van der Waals surface area contributed by atoms with Gasteiger partial charge in [-0.15, -0.1) is 0 Å². The van der Waals surface area contributed by atoms with Crippen LogP contribution in [0.25, 0.3) is 0 Å². The number of nitrogens with zero attached hydrogens (tertiary/aromatic N) is 1. The molecule has 0 aromatic heterocycles. The first-order valence-electron chi connectivity index (χ1n) is 7.34. The standard InChI is InChI=1S/C14H28N2O/c1-12-5-8-16(9-6-13(2)15-12)10-7-14-4-3-11-17-14/h12-15H,3-11H2,1-2H3. The predicted octanol–water partition coefficient (Wildman–Crippen LogP) is 2.02. The Balaban J connectivity index is 1.70. The Bertz CT molecular complexity index is 204. The maximum absolute atomic E-state index is 5.70. The van der Waals surface area contributed by atoms with E-state index in [9.17, 15) is 0 Å². The molecule has 3 heteroatoms. The second-order valence-corrected chi connectivity index (χ2v) is 5.81. The predicted molar refractivity (Wildman–Crippen MR) is 71.3 cm³/mol. The Morgan fingerprint density at radius 2 is 1.82 bits per heavy atom. The lowest BCUT2D eigenvalue weighted by atomic mass is 10.1. The molecule has 3 atom stereocenters. The Hall–Kier alpha value is -0.120. The highest BCUT2D eigenvalue weighted by Gasteiger charge is 2.19. The van der Waals surface area contributed by atoms with Crippen molar-refractivity contribution in [2.24, 2.45) is 0 Å². The lowest BCUT2D eigenvalue weighted by molar-refractivity contribution is 0.0894. The fraction of sp³-hybridized carbons (Fsp3) is 1.00. The molecule has 0 aliphatic carbocycles. The molecule has 2 rings (SSSR count). The monoisotopic (exact) mass is 240 g/mol. The molecule has 2 heterocycles. The fourth-order valence-electron chi connectivity index (χ4n) is 2.94. The molecule has 1 N–H and O–H groups in total. The van der Waals surface area contributed by atoms with Crippen LogP contribution in [0.5, 0.6) is 0 Å². The van der Waals surface area contributed by atoms with E-state index in [0.717, 1.165) is 6.61 Å². The number of rotatable bonds is 3. The first kappa shape index (κ1) is 13.3. The van der Waals surface area contributed by atoms with E-state index in [1.165, 1.54) is 51.7 Å². The van der Waals surface area contributed by atoms with Crippen molar-refractivity contribution in [1.82, 2.24) is 10.2 Å². The van der Waals surface area contributed by atoms with E-state index in [0.29, 0.717) is 18.2 Å². The molecule has 0 aromatic carbocycles. The molecule has 17 heavy (non-hydrogen) atoms. The summed E-state index contributed by atoms with van der Waals surface area (Å²) in [6.45, 7) is 9.31. The zero-order chi connectivity index (χ0) is 12.1. The molecule has 3 unspecified atom stereocenters. The van der Waals surface area contributed by atoms with Crippen molar-refractivity contribution in [3.8, 4) is 0 Å². The van der Waals surface area contributed by atoms with Crippen LogP contribution >= 0.6 is 0 Å². The number of ether oxygens (including phenoxy) is 1. The summed E-state index contributed by atoms with van der Waals surface area (Å²) in [5, 5.41) is 3.65. The largest absolute Gasteiger partial charge is 0.378 e. The Labute approximate surface area is 106 Å². The summed E-state index contributed by atoms with van der Waals surface area (Å²) in [5.41, 5.74) is 0. The number of hydrogen-bond donors (Lipinski definition) is 1. The van der Waals surface area contributed by atoms with Gasteiger partial charge in [0.2, 0.25) is 0 Å². The third-order valence-corrected chi connectivity index (χ3v) is 4.12. The molecule has 0 bridgehead atoms. The number of hydrogen-bond acceptors (Lipinski definition) is 3. The normalized spacial score (nSPS) is 36.7. The summed E-state index contributed by atoms with van der Waals surface area (Å²) >= 11 is 0. The van der Waals surface area contributed by atoms with Crippen molar-refractivity contribution < 1.29 is 4.74 Å². The lowest BCUT2D eigenvalue weighted by Gasteiger charge is -2.31. The van der Waals surface area contributed by atoms with Crippen LogP contribution in [0.4, 0.5) is 0 Å². The third kappa shape index (κ3) is 4.57. The molecule has 0 spiro atoms.